The van der Waals surface area contributed by atoms with Gasteiger partial charge in [0.25, 0.3) is 0 Å². The molecule has 6 aromatic heterocycles. The maximum Gasteiger partial charge on any atom is 0.148 e. The third kappa shape index (κ3) is 5.41. The summed E-state index contributed by atoms with van der Waals surface area (Å²) >= 11 is 3.31. The minimum absolute atomic E-state index is 0.929. The lowest BCUT2D eigenvalue weighted by atomic mass is 10.1. The molecule has 0 saturated heterocycles. The first-order valence-electron chi connectivity index (χ1n) is 17.5. The zero-order chi connectivity index (χ0) is 35.3. The molecule has 12 rings (SSSR count). The number of fused-ring (bicyclic) bond motifs is 12. The number of pyridine rings is 2. The lowest BCUT2D eigenvalue weighted by Gasteiger charge is -2.06. The highest BCUT2D eigenvalue weighted by atomic mass is 79.9. The molecule has 6 heterocycles. The Labute approximate surface area is 311 Å². The molecule has 252 valence electrons. The Morgan fingerprint density at radius 3 is 1.30 bits per heavy atom. The lowest BCUT2D eigenvalue weighted by Crippen LogP contribution is -1.95. The number of para-hydroxylation sites is 5. The van der Waals surface area contributed by atoms with Crippen LogP contribution in [0.25, 0.3) is 93.4 Å². The molecule has 0 aliphatic carbocycles. The summed E-state index contributed by atoms with van der Waals surface area (Å²) in [4.78, 5) is 20.0. The third-order valence-electron chi connectivity index (χ3n) is 9.83. The smallest absolute Gasteiger partial charge is 0.148 e. The number of nitrogens with zero attached hydrogens (tertiary/aromatic N) is 3. The van der Waals surface area contributed by atoms with Crippen molar-refractivity contribution in [2.45, 2.75) is 0 Å². The first-order valence-corrected chi connectivity index (χ1v) is 18.3. The average Bonchev–Trinajstić information content (AvgIpc) is 3.95. The largest absolute Gasteiger partial charge is 0.339 e. The molecular formula is C46H31BrN6. The molecule has 6 nitrogen and oxygen atoms in total. The Morgan fingerprint density at radius 1 is 0.377 bits per heavy atom. The van der Waals surface area contributed by atoms with Gasteiger partial charge in [-0.05, 0) is 60.7 Å². The van der Waals surface area contributed by atoms with Gasteiger partial charge in [0, 0.05) is 69.8 Å². The minimum Gasteiger partial charge on any atom is -0.339 e. The number of rotatable bonds is 1. The molecule has 7 heteroatoms. The summed E-state index contributed by atoms with van der Waals surface area (Å²) in [5.41, 5.74) is 9.47. The SMILES string of the molecule is Brc1ccccc1.c1ccc(-n2c3ccccc3c3cc4c(nc32)[nH]c2ccccc24)cc1.c1ccc2c(c1)[nH]c1nc3[nH]c4ccccc4c3cc12. The Balaban J connectivity index is 0.000000114. The highest BCUT2D eigenvalue weighted by molar-refractivity contribution is 9.10. The van der Waals surface area contributed by atoms with E-state index in [0.29, 0.717) is 0 Å². The second-order valence-corrected chi connectivity index (χ2v) is 13.9. The van der Waals surface area contributed by atoms with Gasteiger partial charge in [-0.2, -0.15) is 0 Å². The van der Waals surface area contributed by atoms with E-state index in [1.807, 2.05) is 48.5 Å². The first kappa shape index (κ1) is 31.1. The monoisotopic (exact) mass is 746 g/mol. The standard InChI is InChI=1S/C23H15N3.C17H11N3.C6H5Br/c1-2-8-15(9-3-1)26-21-13-7-5-11-17(21)19-14-18-16-10-4-6-12-20(16)24-22(18)25-23(19)26;1-3-7-14-10(5-1)12-9-13-11-6-2-4-8-15(11)19-17(13)20-16(12)18-14;7-6-4-2-1-3-5-6/h1-14H,(H,24,25);1-9H,(H2,18,19,20);1-5H. The van der Waals surface area contributed by atoms with Crippen LogP contribution in [0.1, 0.15) is 0 Å². The molecule has 0 radical (unpaired) electrons. The number of hydrogen-bond acceptors (Lipinski definition) is 2. The number of nitrogens with one attached hydrogen (secondary N) is 3. The molecular weight excluding hydrogens is 716 g/mol. The average molecular weight is 748 g/mol. The summed E-state index contributed by atoms with van der Waals surface area (Å²) in [5, 5.41) is 9.60. The minimum atomic E-state index is 0.929. The van der Waals surface area contributed by atoms with Crippen molar-refractivity contribution >= 4 is 104 Å². The van der Waals surface area contributed by atoms with E-state index in [0.717, 1.165) is 49.3 Å². The number of benzene rings is 6. The summed E-state index contributed by atoms with van der Waals surface area (Å²) in [6, 6.07) is 58.5. The molecule has 0 unspecified atom stereocenters. The Bertz CT molecular complexity index is 3160. The fourth-order valence-electron chi connectivity index (χ4n) is 7.41. The summed E-state index contributed by atoms with van der Waals surface area (Å²) in [5.74, 6) is 0. The van der Waals surface area contributed by atoms with E-state index >= 15 is 0 Å². The molecule has 0 fully saturated rings. The molecule has 0 aliphatic heterocycles. The van der Waals surface area contributed by atoms with Gasteiger partial charge in [-0.1, -0.05) is 125 Å². The van der Waals surface area contributed by atoms with Crippen molar-refractivity contribution < 1.29 is 0 Å². The molecule has 6 aromatic carbocycles. The quantitative estimate of drug-likeness (QED) is 0.156. The molecule has 0 aliphatic rings. The van der Waals surface area contributed by atoms with Gasteiger partial charge in [0.15, 0.2) is 0 Å². The van der Waals surface area contributed by atoms with Crippen LogP contribution >= 0.6 is 15.9 Å². The van der Waals surface area contributed by atoms with Gasteiger partial charge in [-0.15, -0.1) is 0 Å². The van der Waals surface area contributed by atoms with Crippen LogP contribution in [0.4, 0.5) is 0 Å². The zero-order valence-electron chi connectivity index (χ0n) is 28.4. The number of aromatic amines is 3. The van der Waals surface area contributed by atoms with E-state index in [1.165, 1.54) is 48.6 Å². The summed E-state index contributed by atoms with van der Waals surface area (Å²) in [7, 11) is 0. The van der Waals surface area contributed by atoms with Crippen LogP contribution in [0, 0.1) is 0 Å². The summed E-state index contributed by atoms with van der Waals surface area (Å²) in [6.45, 7) is 0. The van der Waals surface area contributed by atoms with Crippen LogP contribution in [-0.4, -0.2) is 29.5 Å². The molecule has 0 bridgehead atoms. The van der Waals surface area contributed by atoms with Crippen molar-refractivity contribution in [1.82, 2.24) is 29.5 Å². The second kappa shape index (κ2) is 12.8. The van der Waals surface area contributed by atoms with Crippen molar-refractivity contribution in [3.8, 4) is 5.69 Å². The number of H-pyrrole nitrogens is 3. The zero-order valence-corrected chi connectivity index (χ0v) is 30.0. The topological polar surface area (TPSA) is 78.1 Å². The lowest BCUT2D eigenvalue weighted by molar-refractivity contribution is 1.14. The predicted molar refractivity (Wildman–Crippen MR) is 225 cm³/mol. The van der Waals surface area contributed by atoms with Crippen LogP contribution in [-0.2, 0) is 0 Å². The van der Waals surface area contributed by atoms with E-state index in [4.69, 9.17) is 9.97 Å². The van der Waals surface area contributed by atoms with Crippen LogP contribution in [0.15, 0.2) is 174 Å². The molecule has 3 N–H and O–H groups in total. The summed E-state index contributed by atoms with van der Waals surface area (Å²) in [6.07, 6.45) is 0. The van der Waals surface area contributed by atoms with Gasteiger partial charge in [-0.25, -0.2) is 9.97 Å². The van der Waals surface area contributed by atoms with Gasteiger partial charge in [0.2, 0.25) is 0 Å². The number of aromatic nitrogens is 6. The van der Waals surface area contributed by atoms with E-state index in [-0.39, 0.29) is 0 Å². The van der Waals surface area contributed by atoms with Crippen LogP contribution in [0.5, 0.6) is 0 Å². The van der Waals surface area contributed by atoms with Crippen LogP contribution < -0.4 is 0 Å². The fourth-order valence-corrected chi connectivity index (χ4v) is 7.72. The van der Waals surface area contributed by atoms with Crippen molar-refractivity contribution in [3.05, 3.63) is 174 Å². The highest BCUT2D eigenvalue weighted by Gasteiger charge is 2.16. The first-order chi connectivity index (χ1) is 26.2. The van der Waals surface area contributed by atoms with Crippen molar-refractivity contribution in [1.29, 1.82) is 0 Å². The molecule has 0 amide bonds. The van der Waals surface area contributed by atoms with Gasteiger partial charge in [0.05, 0.1) is 5.52 Å². The second-order valence-electron chi connectivity index (χ2n) is 13.0. The Morgan fingerprint density at radius 2 is 0.792 bits per heavy atom. The predicted octanol–water partition coefficient (Wildman–Crippen LogP) is 12.6. The molecule has 53 heavy (non-hydrogen) atoms. The molecule has 12 aromatic rings. The van der Waals surface area contributed by atoms with Gasteiger partial charge >= 0.3 is 0 Å². The molecule has 0 atom stereocenters. The normalized spacial score (nSPS) is 11.5. The van der Waals surface area contributed by atoms with E-state index in [1.54, 1.807) is 0 Å². The van der Waals surface area contributed by atoms with Crippen molar-refractivity contribution in [2.75, 3.05) is 0 Å². The maximum atomic E-state index is 5.04. The highest BCUT2D eigenvalue weighted by Crippen LogP contribution is 2.35. The van der Waals surface area contributed by atoms with E-state index in [2.05, 4.69) is 157 Å². The summed E-state index contributed by atoms with van der Waals surface area (Å²) < 4.78 is 3.38. The Hall–Kier alpha value is -6.70. The molecule has 0 saturated carbocycles. The third-order valence-corrected chi connectivity index (χ3v) is 10.4. The molecule has 0 spiro atoms. The van der Waals surface area contributed by atoms with Crippen molar-refractivity contribution in [3.63, 3.8) is 0 Å². The fraction of sp³-hybridized carbons (Fsp3) is 0. The maximum absolute atomic E-state index is 5.04. The van der Waals surface area contributed by atoms with Gasteiger partial charge in [0.1, 0.15) is 22.6 Å². The number of halogens is 1. The van der Waals surface area contributed by atoms with Crippen molar-refractivity contribution in [2.24, 2.45) is 0 Å². The Kier molecular flexibility index (Phi) is 7.51. The number of hydrogen-bond donors (Lipinski definition) is 3. The van der Waals surface area contributed by atoms with Gasteiger partial charge in [-0.3, -0.25) is 4.57 Å². The van der Waals surface area contributed by atoms with E-state index < -0.39 is 0 Å². The van der Waals surface area contributed by atoms with Crippen LogP contribution in [0.2, 0.25) is 0 Å². The van der Waals surface area contributed by atoms with E-state index in [9.17, 15) is 0 Å². The van der Waals surface area contributed by atoms with Gasteiger partial charge < -0.3 is 15.0 Å². The van der Waals surface area contributed by atoms with Crippen LogP contribution in [0.3, 0.4) is 0 Å².